The Balaban J connectivity index is 2.70. The largest absolute Gasteiger partial charge is 0.339 e. The average molecular weight is 291 g/mol. The third kappa shape index (κ3) is 5.55. The lowest BCUT2D eigenvalue weighted by molar-refractivity contribution is -0.117. The molecular weight excluding hydrogens is 266 g/mol. The lowest BCUT2D eigenvalue weighted by Gasteiger charge is -2.19. The Kier molecular flexibility index (Phi) is 5.90. The summed E-state index contributed by atoms with van der Waals surface area (Å²) in [5.41, 5.74) is 6.56. The Morgan fingerprint density at radius 1 is 1.14 bits per heavy atom. The number of hydrogen-bond donors (Lipinski definition) is 2. The van der Waals surface area contributed by atoms with Gasteiger partial charge in [0, 0.05) is 36.3 Å². The van der Waals surface area contributed by atoms with Crippen LogP contribution in [0.15, 0.2) is 24.3 Å². The molecule has 1 aromatic rings. The van der Waals surface area contributed by atoms with E-state index in [0.29, 0.717) is 24.3 Å². The summed E-state index contributed by atoms with van der Waals surface area (Å²) < 4.78 is 0. The number of nitrogens with zero attached hydrogens (tertiary/aromatic N) is 1. The highest BCUT2D eigenvalue weighted by molar-refractivity contribution is 5.96. The molecule has 1 rings (SSSR count). The van der Waals surface area contributed by atoms with Gasteiger partial charge in [-0.15, -0.1) is 0 Å². The summed E-state index contributed by atoms with van der Waals surface area (Å²) in [6, 6.07) is 6.92. The van der Waals surface area contributed by atoms with E-state index in [4.69, 9.17) is 5.73 Å². The molecule has 0 atom stereocenters. The zero-order valence-electron chi connectivity index (χ0n) is 13.3. The fourth-order valence-corrected chi connectivity index (χ4v) is 2.01. The second-order valence-corrected chi connectivity index (χ2v) is 5.77. The van der Waals surface area contributed by atoms with Crippen LogP contribution < -0.4 is 11.1 Å². The summed E-state index contributed by atoms with van der Waals surface area (Å²) in [7, 11) is 0. The van der Waals surface area contributed by atoms with Gasteiger partial charge in [0.05, 0.1) is 0 Å². The second kappa shape index (κ2) is 7.22. The highest BCUT2D eigenvalue weighted by atomic mass is 16.2. The number of amides is 2. The monoisotopic (exact) mass is 291 g/mol. The summed E-state index contributed by atoms with van der Waals surface area (Å²) >= 11 is 0. The molecule has 116 valence electrons. The fraction of sp³-hybridized carbons (Fsp3) is 0.500. The molecule has 2 amide bonds. The molecule has 1 aromatic carbocycles. The van der Waals surface area contributed by atoms with Crippen LogP contribution in [0.3, 0.4) is 0 Å². The van der Waals surface area contributed by atoms with Gasteiger partial charge < -0.3 is 16.0 Å². The first-order valence-corrected chi connectivity index (χ1v) is 7.25. The molecule has 21 heavy (non-hydrogen) atoms. The Hall–Kier alpha value is -1.88. The summed E-state index contributed by atoms with van der Waals surface area (Å²) in [5.74, 6) is -0.133. The van der Waals surface area contributed by atoms with Crippen molar-refractivity contribution in [2.75, 3.05) is 18.4 Å². The van der Waals surface area contributed by atoms with Crippen molar-refractivity contribution in [1.29, 1.82) is 0 Å². The van der Waals surface area contributed by atoms with Gasteiger partial charge in [0.15, 0.2) is 0 Å². The van der Waals surface area contributed by atoms with Crippen LogP contribution in [0, 0.1) is 0 Å². The molecule has 3 N–H and O–H groups in total. The molecule has 0 fully saturated rings. The lowest BCUT2D eigenvalue weighted by atomic mass is 10.0. The summed E-state index contributed by atoms with van der Waals surface area (Å²) in [6.07, 6.45) is 0.243. The number of rotatable bonds is 6. The van der Waals surface area contributed by atoms with Crippen molar-refractivity contribution in [2.45, 2.75) is 39.7 Å². The van der Waals surface area contributed by atoms with Crippen molar-refractivity contribution in [1.82, 2.24) is 4.90 Å². The molecule has 0 aliphatic rings. The van der Waals surface area contributed by atoms with Crippen molar-refractivity contribution in [3.05, 3.63) is 29.8 Å². The van der Waals surface area contributed by atoms with Gasteiger partial charge in [-0.3, -0.25) is 9.59 Å². The second-order valence-electron chi connectivity index (χ2n) is 5.77. The third-order valence-corrected chi connectivity index (χ3v) is 3.08. The van der Waals surface area contributed by atoms with Crippen LogP contribution in [0.4, 0.5) is 5.69 Å². The zero-order chi connectivity index (χ0) is 16.0. The van der Waals surface area contributed by atoms with Gasteiger partial charge in [0.25, 0.3) is 5.91 Å². The van der Waals surface area contributed by atoms with Crippen LogP contribution in [0.5, 0.6) is 0 Å². The number of hydrogen-bond acceptors (Lipinski definition) is 3. The minimum Gasteiger partial charge on any atom is -0.339 e. The predicted octanol–water partition coefficient (Wildman–Crippen LogP) is 2.23. The lowest BCUT2D eigenvalue weighted by Crippen LogP contribution is -2.36. The van der Waals surface area contributed by atoms with E-state index in [1.807, 2.05) is 13.8 Å². The van der Waals surface area contributed by atoms with Gasteiger partial charge in [0.1, 0.15) is 0 Å². The maximum absolute atomic E-state index is 12.2. The van der Waals surface area contributed by atoms with Crippen LogP contribution in [-0.2, 0) is 4.79 Å². The molecule has 5 heteroatoms. The molecule has 0 aromatic heterocycles. The molecule has 0 radical (unpaired) electrons. The van der Waals surface area contributed by atoms with Crippen molar-refractivity contribution < 1.29 is 9.59 Å². The van der Waals surface area contributed by atoms with E-state index in [9.17, 15) is 9.59 Å². The van der Waals surface area contributed by atoms with Crippen LogP contribution in [0.2, 0.25) is 0 Å². The van der Waals surface area contributed by atoms with Gasteiger partial charge in [-0.1, -0.05) is 0 Å². The summed E-state index contributed by atoms with van der Waals surface area (Å²) in [4.78, 5) is 25.7. The molecule has 0 aliphatic carbocycles. The van der Waals surface area contributed by atoms with Crippen molar-refractivity contribution in [3.63, 3.8) is 0 Å². The van der Waals surface area contributed by atoms with Gasteiger partial charge in [-0.25, -0.2) is 0 Å². The summed E-state index contributed by atoms with van der Waals surface area (Å²) in [6.45, 7) is 8.87. The molecule has 0 spiro atoms. The number of nitrogens with two attached hydrogens (primary N) is 1. The minimum absolute atomic E-state index is 0.000896. The first-order valence-electron chi connectivity index (χ1n) is 7.25. The maximum atomic E-state index is 12.2. The van der Waals surface area contributed by atoms with E-state index >= 15 is 0 Å². The molecule has 0 unspecified atom stereocenters. The summed E-state index contributed by atoms with van der Waals surface area (Å²) in [5, 5.41) is 2.78. The maximum Gasteiger partial charge on any atom is 0.253 e. The van der Waals surface area contributed by atoms with Gasteiger partial charge in [-0.05, 0) is 52.0 Å². The zero-order valence-corrected chi connectivity index (χ0v) is 13.3. The van der Waals surface area contributed by atoms with E-state index in [2.05, 4.69) is 5.32 Å². The highest BCUT2D eigenvalue weighted by Crippen LogP contribution is 2.13. The molecular formula is C16H25N3O2. The smallest absolute Gasteiger partial charge is 0.253 e. The van der Waals surface area contributed by atoms with E-state index < -0.39 is 5.54 Å². The Morgan fingerprint density at radius 3 is 2.10 bits per heavy atom. The Labute approximate surface area is 126 Å². The fourth-order valence-electron chi connectivity index (χ4n) is 2.01. The molecule has 0 aliphatic heterocycles. The van der Waals surface area contributed by atoms with E-state index in [1.165, 1.54) is 0 Å². The molecule has 0 saturated heterocycles. The third-order valence-electron chi connectivity index (χ3n) is 3.08. The number of benzene rings is 1. The number of carbonyl (C=O) groups excluding carboxylic acids is 2. The van der Waals surface area contributed by atoms with Crippen LogP contribution in [-0.4, -0.2) is 35.3 Å². The van der Waals surface area contributed by atoms with Crippen molar-refractivity contribution in [3.8, 4) is 0 Å². The predicted molar refractivity (Wildman–Crippen MR) is 85.2 cm³/mol. The number of carbonyl (C=O) groups is 2. The van der Waals surface area contributed by atoms with Crippen LogP contribution in [0.25, 0.3) is 0 Å². The standard InChI is InChI=1S/C16H25N3O2/c1-5-19(6-2)15(21)12-7-9-13(10-8-12)18-14(20)11-16(3,4)17/h7-10H,5-6,11,17H2,1-4H3,(H,18,20). The van der Waals surface area contributed by atoms with Gasteiger partial charge in [-0.2, -0.15) is 0 Å². The Bertz CT molecular complexity index is 485. The minimum atomic E-state index is -0.539. The van der Waals surface area contributed by atoms with Crippen molar-refractivity contribution in [2.24, 2.45) is 5.73 Å². The van der Waals surface area contributed by atoms with Crippen molar-refractivity contribution >= 4 is 17.5 Å². The molecule has 0 bridgehead atoms. The average Bonchev–Trinajstić information content (AvgIpc) is 2.38. The molecule has 0 saturated carbocycles. The topological polar surface area (TPSA) is 75.4 Å². The normalized spacial score (nSPS) is 11.1. The number of nitrogens with one attached hydrogen (secondary N) is 1. The van der Waals surface area contributed by atoms with Crippen LogP contribution in [0.1, 0.15) is 44.5 Å². The van der Waals surface area contributed by atoms with Gasteiger partial charge >= 0.3 is 0 Å². The Morgan fingerprint density at radius 2 is 1.67 bits per heavy atom. The number of anilines is 1. The van der Waals surface area contributed by atoms with E-state index in [0.717, 1.165) is 0 Å². The highest BCUT2D eigenvalue weighted by Gasteiger charge is 2.17. The SMILES string of the molecule is CCN(CC)C(=O)c1ccc(NC(=O)CC(C)(C)N)cc1. The van der Waals surface area contributed by atoms with Crippen LogP contribution >= 0.6 is 0 Å². The molecule has 5 nitrogen and oxygen atoms in total. The first kappa shape index (κ1) is 17.2. The first-order chi connectivity index (χ1) is 9.76. The quantitative estimate of drug-likeness (QED) is 0.844. The van der Waals surface area contributed by atoms with E-state index in [-0.39, 0.29) is 18.2 Å². The van der Waals surface area contributed by atoms with E-state index in [1.54, 1.807) is 43.0 Å². The van der Waals surface area contributed by atoms with Gasteiger partial charge in [0.2, 0.25) is 5.91 Å². The molecule has 0 heterocycles.